The Kier molecular flexibility index (Phi) is 10.2. The average Bonchev–Trinajstić information content (AvgIpc) is 3.16. The number of halogens is 1. The van der Waals surface area contributed by atoms with Crippen LogP contribution < -0.4 is 5.32 Å². The van der Waals surface area contributed by atoms with E-state index in [1.54, 1.807) is 23.4 Å². The van der Waals surface area contributed by atoms with E-state index in [-0.39, 0.29) is 17.8 Å². The number of nitrogens with one attached hydrogen (secondary N) is 1. The van der Waals surface area contributed by atoms with Gasteiger partial charge in [0.05, 0.1) is 32.4 Å². The molecule has 0 saturated carbocycles. The van der Waals surface area contributed by atoms with Crippen molar-refractivity contribution in [1.82, 2.24) is 20.1 Å². The normalized spacial score (nSPS) is 20.2. The van der Waals surface area contributed by atoms with Gasteiger partial charge in [-0.15, -0.1) is 13.2 Å². The predicted octanol–water partition coefficient (Wildman–Crippen LogP) is 3.02. The van der Waals surface area contributed by atoms with E-state index in [2.05, 4.69) is 30.5 Å². The van der Waals surface area contributed by atoms with Gasteiger partial charge in [-0.05, 0) is 30.6 Å². The van der Waals surface area contributed by atoms with E-state index in [1.165, 1.54) is 18.1 Å². The van der Waals surface area contributed by atoms with Crippen LogP contribution in [0.5, 0.6) is 0 Å². The van der Waals surface area contributed by atoms with Crippen molar-refractivity contribution in [3.05, 3.63) is 49.0 Å². The molecule has 32 heavy (non-hydrogen) atoms. The van der Waals surface area contributed by atoms with Crippen molar-refractivity contribution in [2.45, 2.75) is 19.4 Å². The van der Waals surface area contributed by atoms with E-state index in [1.807, 2.05) is 11.1 Å². The Labute approximate surface area is 194 Å². The van der Waals surface area contributed by atoms with Crippen molar-refractivity contribution in [2.75, 3.05) is 46.4 Å². The number of hydrogen-bond acceptors (Lipinski definition) is 7. The van der Waals surface area contributed by atoms with E-state index in [0.717, 1.165) is 6.54 Å². The maximum atomic E-state index is 15.1. The van der Waals surface area contributed by atoms with Crippen LogP contribution in [0, 0.1) is 5.92 Å². The smallest absolute Gasteiger partial charge is 0.410 e. The van der Waals surface area contributed by atoms with Crippen LogP contribution in [-0.2, 0) is 9.47 Å². The molecule has 0 bridgehead atoms. The quantitative estimate of drug-likeness (QED) is 0.286. The number of hydrogen-bond donors (Lipinski definition) is 1. The molecule has 1 amide bonds. The number of carbonyl (C=O) groups excluding carboxylic acids is 1. The van der Waals surface area contributed by atoms with Gasteiger partial charge in [-0.3, -0.25) is 5.01 Å². The zero-order valence-electron chi connectivity index (χ0n) is 18.7. The van der Waals surface area contributed by atoms with Crippen LogP contribution in [-0.4, -0.2) is 84.9 Å². The second-order valence-electron chi connectivity index (χ2n) is 7.50. The second-order valence-corrected chi connectivity index (χ2v) is 7.87. The number of allylic oxidation sites excluding steroid dienone is 3. The van der Waals surface area contributed by atoms with Crippen molar-refractivity contribution in [1.29, 1.82) is 0 Å². The number of thiocarbonyl (C=S) groups is 1. The standard InChI is InChI=1S/C22H32FN5O3S/c1-5-7-8-20(27-11-12-28(25-16-27)14-17(3)6-2)19(23)9-10-26-15-18(31-22(26)29)13-24-21(32)30-4/h5-6,8-9,16-18H,1-2,7,10-15H2,3-4H3,(H,24,32). The van der Waals surface area contributed by atoms with Crippen LogP contribution in [0.25, 0.3) is 0 Å². The van der Waals surface area contributed by atoms with Gasteiger partial charge < -0.3 is 24.6 Å². The molecular weight excluding hydrogens is 433 g/mol. The van der Waals surface area contributed by atoms with E-state index >= 15 is 4.39 Å². The molecule has 10 heteroatoms. The van der Waals surface area contributed by atoms with E-state index in [0.29, 0.717) is 44.2 Å². The van der Waals surface area contributed by atoms with Crippen molar-refractivity contribution >= 4 is 29.8 Å². The molecule has 1 N–H and O–H groups in total. The lowest BCUT2D eigenvalue weighted by Crippen LogP contribution is -2.39. The Morgan fingerprint density at radius 3 is 2.88 bits per heavy atom. The number of ether oxygens (including phenoxy) is 2. The summed E-state index contributed by atoms with van der Waals surface area (Å²) in [5.41, 5.74) is 0.404. The first kappa shape index (κ1) is 25.4. The fourth-order valence-electron chi connectivity index (χ4n) is 3.14. The Bertz CT molecular complexity index is 786. The fraction of sp³-hybridized carbons (Fsp3) is 0.500. The van der Waals surface area contributed by atoms with Gasteiger partial charge in [0.25, 0.3) is 5.17 Å². The molecule has 0 spiro atoms. The van der Waals surface area contributed by atoms with Crippen LogP contribution in [0.2, 0.25) is 0 Å². The minimum Gasteiger partial charge on any atom is -0.474 e. The molecule has 2 heterocycles. The first-order valence-corrected chi connectivity index (χ1v) is 10.9. The number of carbonyl (C=O) groups is 1. The lowest BCUT2D eigenvalue weighted by Gasteiger charge is -2.32. The lowest BCUT2D eigenvalue weighted by atomic mass is 10.2. The SMILES string of the molecule is C=CCC=C(C(F)=CCN1CC(CNC(=S)OC)OC1=O)N1C=NN(CC(C)C=C)CC1. The maximum Gasteiger partial charge on any atom is 0.410 e. The van der Waals surface area contributed by atoms with Crippen molar-refractivity contribution in [3.8, 4) is 0 Å². The molecule has 2 unspecified atom stereocenters. The Morgan fingerprint density at radius 1 is 1.47 bits per heavy atom. The Morgan fingerprint density at radius 2 is 2.25 bits per heavy atom. The average molecular weight is 466 g/mol. The van der Waals surface area contributed by atoms with Gasteiger partial charge in [0.15, 0.2) is 0 Å². The summed E-state index contributed by atoms with van der Waals surface area (Å²) in [7, 11) is 1.46. The molecule has 0 radical (unpaired) electrons. The highest BCUT2D eigenvalue weighted by Gasteiger charge is 2.31. The molecule has 1 fully saturated rings. The van der Waals surface area contributed by atoms with Crippen LogP contribution in [0.3, 0.4) is 0 Å². The third-order valence-corrected chi connectivity index (χ3v) is 5.30. The van der Waals surface area contributed by atoms with E-state index in [9.17, 15) is 4.79 Å². The molecule has 0 aromatic heterocycles. The summed E-state index contributed by atoms with van der Waals surface area (Å²) >= 11 is 4.91. The van der Waals surface area contributed by atoms with Gasteiger partial charge in [0, 0.05) is 19.6 Å². The maximum absolute atomic E-state index is 15.1. The van der Waals surface area contributed by atoms with Crippen LogP contribution >= 0.6 is 12.2 Å². The molecule has 0 aromatic rings. The zero-order chi connectivity index (χ0) is 23.5. The van der Waals surface area contributed by atoms with Gasteiger partial charge >= 0.3 is 6.09 Å². The van der Waals surface area contributed by atoms with Gasteiger partial charge in [-0.1, -0.05) is 25.2 Å². The molecule has 2 rings (SSSR count). The molecule has 176 valence electrons. The van der Waals surface area contributed by atoms with Gasteiger partial charge in [0.2, 0.25) is 0 Å². The first-order chi connectivity index (χ1) is 15.4. The van der Waals surface area contributed by atoms with Crippen molar-refractivity contribution < 1.29 is 18.7 Å². The molecule has 2 aliphatic heterocycles. The number of rotatable bonds is 11. The minimum atomic E-state index is -0.493. The largest absolute Gasteiger partial charge is 0.474 e. The third-order valence-electron chi connectivity index (χ3n) is 4.99. The number of methoxy groups -OCH3 is 1. The first-order valence-electron chi connectivity index (χ1n) is 10.5. The summed E-state index contributed by atoms with van der Waals surface area (Å²) in [6.07, 6.45) is 7.98. The summed E-state index contributed by atoms with van der Waals surface area (Å²) in [6, 6.07) is 0. The van der Waals surface area contributed by atoms with Crippen LogP contribution in [0.15, 0.2) is 54.1 Å². The molecule has 0 aromatic carbocycles. The highest BCUT2D eigenvalue weighted by molar-refractivity contribution is 7.80. The van der Waals surface area contributed by atoms with Gasteiger partial charge in [0.1, 0.15) is 18.3 Å². The van der Waals surface area contributed by atoms with Crippen LogP contribution in [0.4, 0.5) is 9.18 Å². The number of hydrazone groups is 1. The summed E-state index contributed by atoms with van der Waals surface area (Å²) in [6.45, 7) is 12.4. The molecular formula is C22H32FN5O3S. The van der Waals surface area contributed by atoms with Crippen molar-refractivity contribution in [2.24, 2.45) is 11.0 Å². The van der Waals surface area contributed by atoms with E-state index in [4.69, 9.17) is 21.7 Å². The number of cyclic esters (lactones) is 1. The molecule has 8 nitrogen and oxygen atoms in total. The summed E-state index contributed by atoms with van der Waals surface area (Å²) < 4.78 is 25.3. The molecule has 1 saturated heterocycles. The highest BCUT2D eigenvalue weighted by Crippen LogP contribution is 2.20. The van der Waals surface area contributed by atoms with E-state index < -0.39 is 11.9 Å². The lowest BCUT2D eigenvalue weighted by molar-refractivity contribution is 0.133. The summed E-state index contributed by atoms with van der Waals surface area (Å²) in [4.78, 5) is 15.3. The monoisotopic (exact) mass is 465 g/mol. The predicted molar refractivity (Wildman–Crippen MR) is 128 cm³/mol. The highest BCUT2D eigenvalue weighted by atomic mass is 32.1. The third kappa shape index (κ3) is 7.67. The molecule has 2 aliphatic rings. The molecule has 0 aliphatic carbocycles. The zero-order valence-corrected chi connectivity index (χ0v) is 19.5. The van der Waals surface area contributed by atoms with Gasteiger partial charge in [-0.2, -0.15) is 5.10 Å². The van der Waals surface area contributed by atoms with Gasteiger partial charge in [-0.25, -0.2) is 9.18 Å². The number of nitrogens with zero attached hydrogens (tertiary/aromatic N) is 4. The summed E-state index contributed by atoms with van der Waals surface area (Å²) in [5, 5.41) is 9.44. The minimum absolute atomic E-state index is 0.0925. The fourth-order valence-corrected chi connectivity index (χ4v) is 3.23. The summed E-state index contributed by atoms with van der Waals surface area (Å²) in [5.74, 6) is -0.114. The second kappa shape index (κ2) is 12.8. The Balaban J connectivity index is 1.99. The Hall–Kier alpha value is -2.88. The number of amides is 1. The topological polar surface area (TPSA) is 69.6 Å². The van der Waals surface area contributed by atoms with Crippen molar-refractivity contribution in [3.63, 3.8) is 0 Å². The molecule has 2 atom stereocenters. The van der Waals surface area contributed by atoms with Crippen LogP contribution in [0.1, 0.15) is 13.3 Å².